The number of hydrogen-bond donors (Lipinski definition) is 0. The van der Waals surface area contributed by atoms with Crippen LogP contribution in [0.4, 0.5) is 4.39 Å². The molecule has 2 aromatic rings. The minimum Gasteiger partial charge on any atom is -0.485 e. The van der Waals surface area contributed by atoms with Gasteiger partial charge in [0.15, 0.2) is 5.03 Å². The molecular weight excluding hydrogens is 381 g/mol. The van der Waals surface area contributed by atoms with Crippen molar-refractivity contribution in [3.05, 3.63) is 65.1 Å². The number of aromatic nitrogens is 1. The second kappa shape index (κ2) is 7.03. The maximum atomic E-state index is 13.7. The third kappa shape index (κ3) is 3.55. The van der Waals surface area contributed by atoms with Crippen LogP contribution in [0.2, 0.25) is 5.02 Å². The summed E-state index contributed by atoms with van der Waals surface area (Å²) in [5.41, 5.74) is 0.438. The van der Waals surface area contributed by atoms with E-state index in [1.807, 2.05) is 0 Å². The lowest BCUT2D eigenvalue weighted by Crippen LogP contribution is -2.31. The van der Waals surface area contributed by atoms with Gasteiger partial charge in [-0.1, -0.05) is 18.2 Å². The molecule has 9 heteroatoms. The van der Waals surface area contributed by atoms with E-state index < -0.39 is 21.9 Å². The molecule has 1 aliphatic rings. The summed E-state index contributed by atoms with van der Waals surface area (Å²) in [6.45, 7) is 3.93. The molecule has 1 atom stereocenters. The lowest BCUT2D eigenvalue weighted by Gasteiger charge is -2.16. The number of rotatable bonds is 4. The highest BCUT2D eigenvalue weighted by atomic mass is 35.5. The fraction of sp³-hybridized carbons (Fsp3) is 0.176. The zero-order chi connectivity index (χ0) is 18.9. The summed E-state index contributed by atoms with van der Waals surface area (Å²) in [5.74, 6) is -0.514. The molecule has 26 heavy (non-hydrogen) atoms. The van der Waals surface area contributed by atoms with Crippen LogP contribution in [0.3, 0.4) is 0 Å². The Bertz CT molecular complexity index is 1000. The van der Waals surface area contributed by atoms with Gasteiger partial charge in [-0.25, -0.2) is 17.8 Å². The van der Waals surface area contributed by atoms with Crippen LogP contribution in [0, 0.1) is 17.1 Å². The molecule has 1 saturated heterocycles. The average molecular weight is 394 g/mol. The van der Waals surface area contributed by atoms with Crippen molar-refractivity contribution in [2.24, 2.45) is 0 Å². The Balaban J connectivity index is 1.77. The standard InChI is InChI=1S/C17H13ClFN3O3S/c1-11-9-22(26(23,24)17-5-3-13(18)8-21-17)10-16(11)25-14-4-2-12(7-20)15(19)6-14/h2-6,8,16H,1,9-10H2/t16-/m0/s1. The number of ether oxygens (including phenoxy) is 1. The largest absolute Gasteiger partial charge is 0.485 e. The van der Waals surface area contributed by atoms with Crippen LogP contribution in [0.25, 0.3) is 0 Å². The van der Waals surface area contributed by atoms with E-state index in [9.17, 15) is 12.8 Å². The lowest BCUT2D eigenvalue weighted by molar-refractivity contribution is 0.241. The smallest absolute Gasteiger partial charge is 0.260 e. The molecule has 0 radical (unpaired) electrons. The van der Waals surface area contributed by atoms with E-state index in [1.165, 1.54) is 34.8 Å². The molecule has 1 fully saturated rings. The normalized spacial score (nSPS) is 17.9. The molecular formula is C17H13ClFN3O3S. The van der Waals surface area contributed by atoms with Gasteiger partial charge in [-0.05, 0) is 29.8 Å². The molecule has 0 unspecified atom stereocenters. The molecule has 1 aromatic heterocycles. The minimum atomic E-state index is -3.83. The molecule has 0 N–H and O–H groups in total. The fourth-order valence-electron chi connectivity index (χ4n) is 2.48. The number of nitrogens with zero attached hydrogens (tertiary/aromatic N) is 3. The van der Waals surface area contributed by atoms with Crippen LogP contribution in [-0.4, -0.2) is 36.9 Å². The Morgan fingerprint density at radius 3 is 2.77 bits per heavy atom. The first kappa shape index (κ1) is 18.3. The number of hydrogen-bond acceptors (Lipinski definition) is 5. The van der Waals surface area contributed by atoms with Crippen LogP contribution >= 0.6 is 11.6 Å². The predicted octanol–water partition coefficient (Wildman–Crippen LogP) is 2.75. The highest BCUT2D eigenvalue weighted by molar-refractivity contribution is 7.89. The summed E-state index contributed by atoms with van der Waals surface area (Å²) in [6.07, 6.45) is 0.622. The van der Waals surface area contributed by atoms with Gasteiger partial charge < -0.3 is 4.74 Å². The van der Waals surface area contributed by atoms with E-state index in [0.717, 1.165) is 6.07 Å². The molecule has 1 aliphatic heterocycles. The summed E-state index contributed by atoms with van der Waals surface area (Å²) >= 11 is 5.74. The number of benzene rings is 1. The van der Waals surface area contributed by atoms with Crippen molar-refractivity contribution < 1.29 is 17.5 Å². The predicted molar refractivity (Wildman–Crippen MR) is 92.7 cm³/mol. The van der Waals surface area contributed by atoms with Gasteiger partial charge in [-0.3, -0.25) is 0 Å². The van der Waals surface area contributed by atoms with Crippen molar-refractivity contribution >= 4 is 21.6 Å². The van der Waals surface area contributed by atoms with E-state index in [4.69, 9.17) is 21.6 Å². The molecule has 2 heterocycles. The third-order valence-corrected chi connectivity index (χ3v) is 5.80. The third-order valence-electron chi connectivity index (χ3n) is 3.85. The molecule has 0 amide bonds. The van der Waals surface area contributed by atoms with Crippen LogP contribution < -0.4 is 4.74 Å². The van der Waals surface area contributed by atoms with Crippen LogP contribution in [0.15, 0.2) is 53.7 Å². The first-order valence-electron chi connectivity index (χ1n) is 7.47. The number of pyridine rings is 1. The van der Waals surface area contributed by atoms with E-state index in [2.05, 4.69) is 11.6 Å². The Kier molecular flexibility index (Phi) is 4.96. The van der Waals surface area contributed by atoms with Gasteiger partial charge >= 0.3 is 0 Å². The molecule has 3 rings (SSSR count). The molecule has 1 aromatic carbocycles. The van der Waals surface area contributed by atoms with Crippen molar-refractivity contribution in [2.45, 2.75) is 11.1 Å². The van der Waals surface area contributed by atoms with E-state index in [-0.39, 0.29) is 29.4 Å². The van der Waals surface area contributed by atoms with Crippen LogP contribution in [0.1, 0.15) is 5.56 Å². The average Bonchev–Trinajstić information content (AvgIpc) is 2.97. The Hall–Kier alpha value is -2.47. The summed E-state index contributed by atoms with van der Waals surface area (Å²) in [5, 5.41) is 8.96. The molecule has 0 aliphatic carbocycles. The summed E-state index contributed by atoms with van der Waals surface area (Å²) in [7, 11) is -3.83. The summed E-state index contributed by atoms with van der Waals surface area (Å²) in [4.78, 5) is 3.85. The zero-order valence-electron chi connectivity index (χ0n) is 13.4. The van der Waals surface area contributed by atoms with E-state index >= 15 is 0 Å². The van der Waals surface area contributed by atoms with Crippen molar-refractivity contribution in [1.29, 1.82) is 5.26 Å². The first-order valence-corrected chi connectivity index (χ1v) is 9.29. The lowest BCUT2D eigenvalue weighted by atomic mass is 10.2. The van der Waals surface area contributed by atoms with Gasteiger partial charge in [0.2, 0.25) is 0 Å². The second-order valence-corrected chi connectivity index (χ2v) is 7.95. The Labute approximate surface area is 155 Å². The van der Waals surface area contributed by atoms with Gasteiger partial charge in [-0.2, -0.15) is 9.57 Å². The van der Waals surface area contributed by atoms with Gasteiger partial charge in [0, 0.05) is 18.8 Å². The van der Waals surface area contributed by atoms with Crippen molar-refractivity contribution in [3.8, 4) is 11.8 Å². The maximum Gasteiger partial charge on any atom is 0.260 e. The fourth-order valence-corrected chi connectivity index (χ4v) is 3.95. The van der Waals surface area contributed by atoms with E-state index in [0.29, 0.717) is 10.6 Å². The Morgan fingerprint density at radius 2 is 2.15 bits per heavy atom. The van der Waals surface area contributed by atoms with Crippen LogP contribution in [0.5, 0.6) is 5.75 Å². The molecule has 0 saturated carbocycles. The summed E-state index contributed by atoms with van der Waals surface area (Å²) in [6, 6.07) is 8.33. The molecule has 0 bridgehead atoms. The number of sulfonamides is 1. The quantitative estimate of drug-likeness (QED) is 0.746. The topological polar surface area (TPSA) is 83.3 Å². The monoisotopic (exact) mass is 393 g/mol. The highest BCUT2D eigenvalue weighted by Crippen LogP contribution is 2.27. The Morgan fingerprint density at radius 1 is 1.38 bits per heavy atom. The van der Waals surface area contributed by atoms with Gasteiger partial charge in [0.05, 0.1) is 17.1 Å². The highest BCUT2D eigenvalue weighted by Gasteiger charge is 2.36. The van der Waals surface area contributed by atoms with Gasteiger partial charge in [0.1, 0.15) is 23.7 Å². The summed E-state index contributed by atoms with van der Waals surface area (Å²) < 4.78 is 45.8. The van der Waals surface area contributed by atoms with Gasteiger partial charge in [0.25, 0.3) is 10.0 Å². The molecule has 6 nitrogen and oxygen atoms in total. The molecule has 0 spiro atoms. The number of nitriles is 1. The van der Waals surface area contributed by atoms with Crippen LogP contribution in [-0.2, 0) is 10.0 Å². The van der Waals surface area contributed by atoms with E-state index in [1.54, 1.807) is 6.07 Å². The minimum absolute atomic E-state index is 0.0209. The van der Waals surface area contributed by atoms with Gasteiger partial charge in [-0.15, -0.1) is 0 Å². The van der Waals surface area contributed by atoms with Crippen molar-refractivity contribution in [3.63, 3.8) is 0 Å². The zero-order valence-corrected chi connectivity index (χ0v) is 15.0. The second-order valence-electron chi connectivity index (χ2n) is 5.63. The van der Waals surface area contributed by atoms with Crippen molar-refractivity contribution in [2.75, 3.05) is 13.1 Å². The molecule has 134 valence electrons. The first-order chi connectivity index (χ1) is 12.3. The van der Waals surface area contributed by atoms with Crippen molar-refractivity contribution in [1.82, 2.24) is 9.29 Å². The SMILES string of the molecule is C=C1CN(S(=O)(=O)c2ccc(Cl)cn2)C[C@@H]1Oc1ccc(C#N)c(F)c1. The maximum absolute atomic E-state index is 13.7. The number of halogens is 2.